The Morgan fingerprint density at radius 1 is 0.808 bits per heavy atom. The molecule has 0 bridgehead atoms. The zero-order valence-corrected chi connectivity index (χ0v) is 15.5. The fraction of sp³-hybridized carbons (Fsp3) is 0.273. The highest BCUT2D eigenvalue weighted by molar-refractivity contribution is 5.43. The first kappa shape index (κ1) is 17.9. The lowest BCUT2D eigenvalue weighted by Gasteiger charge is -2.10. The molecule has 0 aliphatic heterocycles. The maximum absolute atomic E-state index is 4.58. The molecule has 0 radical (unpaired) electrons. The Labute approximate surface area is 155 Å². The van der Waals surface area contributed by atoms with Gasteiger partial charge in [-0.25, -0.2) is 4.98 Å². The van der Waals surface area contributed by atoms with Crippen LogP contribution in [0.15, 0.2) is 60.7 Å². The molecule has 134 valence electrons. The molecule has 0 unspecified atom stereocenters. The monoisotopic (exact) mass is 346 g/mol. The molecule has 4 heteroatoms. The van der Waals surface area contributed by atoms with E-state index in [9.17, 15) is 0 Å². The van der Waals surface area contributed by atoms with E-state index >= 15 is 0 Å². The number of aryl methyl sites for hydroxylation is 3. The van der Waals surface area contributed by atoms with E-state index in [0.717, 1.165) is 37.4 Å². The van der Waals surface area contributed by atoms with E-state index in [-0.39, 0.29) is 0 Å². The van der Waals surface area contributed by atoms with Crippen LogP contribution in [-0.2, 0) is 13.0 Å². The topological polar surface area (TPSA) is 49.8 Å². The summed E-state index contributed by atoms with van der Waals surface area (Å²) < 4.78 is 0. The number of nitrogens with one attached hydrogen (secondary N) is 2. The zero-order valence-electron chi connectivity index (χ0n) is 15.5. The SMILES string of the molecule is Cc1cccc(CNc2cc(C)nc(NCCCc3ccccc3)n2)c1. The second-order valence-corrected chi connectivity index (χ2v) is 6.58. The first-order chi connectivity index (χ1) is 12.7. The molecular formula is C22H26N4. The average molecular weight is 346 g/mol. The van der Waals surface area contributed by atoms with Gasteiger partial charge in [-0.3, -0.25) is 0 Å². The summed E-state index contributed by atoms with van der Waals surface area (Å²) in [6, 6.07) is 21.0. The van der Waals surface area contributed by atoms with Crippen molar-refractivity contribution in [2.45, 2.75) is 33.2 Å². The molecule has 0 aliphatic carbocycles. The van der Waals surface area contributed by atoms with E-state index in [4.69, 9.17) is 0 Å². The van der Waals surface area contributed by atoms with Crippen LogP contribution in [0.2, 0.25) is 0 Å². The zero-order chi connectivity index (χ0) is 18.2. The molecule has 0 fully saturated rings. The van der Waals surface area contributed by atoms with Crippen LogP contribution in [0.3, 0.4) is 0 Å². The van der Waals surface area contributed by atoms with Crippen molar-refractivity contribution in [1.29, 1.82) is 0 Å². The van der Waals surface area contributed by atoms with Crippen molar-refractivity contribution in [3.8, 4) is 0 Å². The molecule has 0 saturated carbocycles. The van der Waals surface area contributed by atoms with E-state index < -0.39 is 0 Å². The Hall–Kier alpha value is -2.88. The minimum Gasteiger partial charge on any atom is -0.366 e. The number of anilines is 2. The first-order valence-electron chi connectivity index (χ1n) is 9.12. The number of benzene rings is 2. The molecule has 1 aromatic heterocycles. The summed E-state index contributed by atoms with van der Waals surface area (Å²) in [5.74, 6) is 1.54. The summed E-state index contributed by atoms with van der Waals surface area (Å²) in [4.78, 5) is 9.07. The van der Waals surface area contributed by atoms with Crippen molar-refractivity contribution in [2.75, 3.05) is 17.2 Å². The van der Waals surface area contributed by atoms with Crippen LogP contribution in [0.25, 0.3) is 0 Å². The highest BCUT2D eigenvalue weighted by Gasteiger charge is 2.03. The second-order valence-electron chi connectivity index (χ2n) is 6.58. The molecule has 0 spiro atoms. The molecule has 26 heavy (non-hydrogen) atoms. The van der Waals surface area contributed by atoms with Crippen LogP contribution in [0.1, 0.15) is 28.8 Å². The normalized spacial score (nSPS) is 10.5. The second kappa shape index (κ2) is 8.99. The van der Waals surface area contributed by atoms with Crippen molar-refractivity contribution in [3.63, 3.8) is 0 Å². The van der Waals surface area contributed by atoms with Crippen LogP contribution < -0.4 is 10.6 Å². The van der Waals surface area contributed by atoms with Gasteiger partial charge in [0, 0.05) is 24.8 Å². The molecule has 0 aliphatic rings. The Kier molecular flexibility index (Phi) is 6.20. The summed E-state index contributed by atoms with van der Waals surface area (Å²) >= 11 is 0. The first-order valence-corrected chi connectivity index (χ1v) is 9.12. The fourth-order valence-corrected chi connectivity index (χ4v) is 2.89. The third-order valence-electron chi connectivity index (χ3n) is 4.18. The molecule has 0 saturated heterocycles. The van der Waals surface area contributed by atoms with E-state index in [2.05, 4.69) is 76.1 Å². The van der Waals surface area contributed by atoms with Gasteiger partial charge >= 0.3 is 0 Å². The molecular weight excluding hydrogens is 320 g/mol. The van der Waals surface area contributed by atoms with Crippen LogP contribution in [0, 0.1) is 13.8 Å². The third kappa shape index (κ3) is 5.59. The van der Waals surface area contributed by atoms with Gasteiger partial charge in [0.1, 0.15) is 5.82 Å². The van der Waals surface area contributed by atoms with E-state index in [1.54, 1.807) is 0 Å². The smallest absolute Gasteiger partial charge is 0.224 e. The standard InChI is InChI=1S/C22H26N4/c1-17-8-6-11-20(14-17)16-24-21-15-18(2)25-22(26-21)23-13-7-12-19-9-4-3-5-10-19/h3-6,8-11,14-15H,7,12-13,16H2,1-2H3,(H2,23,24,25,26). The highest BCUT2D eigenvalue weighted by Crippen LogP contribution is 2.12. The predicted molar refractivity (Wildman–Crippen MR) is 109 cm³/mol. The van der Waals surface area contributed by atoms with Crippen molar-refractivity contribution >= 4 is 11.8 Å². The molecule has 2 N–H and O–H groups in total. The van der Waals surface area contributed by atoms with Crippen LogP contribution in [-0.4, -0.2) is 16.5 Å². The lowest BCUT2D eigenvalue weighted by Crippen LogP contribution is -2.09. The maximum Gasteiger partial charge on any atom is 0.224 e. The van der Waals surface area contributed by atoms with Gasteiger partial charge in [0.25, 0.3) is 0 Å². The molecule has 2 aromatic carbocycles. The van der Waals surface area contributed by atoms with E-state index in [1.165, 1.54) is 16.7 Å². The van der Waals surface area contributed by atoms with Gasteiger partial charge in [-0.05, 0) is 37.8 Å². The quantitative estimate of drug-likeness (QED) is 0.578. The van der Waals surface area contributed by atoms with Crippen LogP contribution in [0.5, 0.6) is 0 Å². The molecule has 3 rings (SSSR count). The lowest BCUT2D eigenvalue weighted by molar-refractivity contribution is 0.851. The van der Waals surface area contributed by atoms with E-state index in [1.807, 2.05) is 19.1 Å². The van der Waals surface area contributed by atoms with Crippen molar-refractivity contribution in [1.82, 2.24) is 9.97 Å². The van der Waals surface area contributed by atoms with E-state index in [0.29, 0.717) is 5.95 Å². The molecule has 3 aromatic rings. The van der Waals surface area contributed by atoms with Gasteiger partial charge in [0.05, 0.1) is 0 Å². The van der Waals surface area contributed by atoms with Gasteiger partial charge in [-0.15, -0.1) is 0 Å². The Morgan fingerprint density at radius 3 is 2.42 bits per heavy atom. The summed E-state index contributed by atoms with van der Waals surface area (Å²) in [5, 5.41) is 6.74. The number of nitrogens with zero attached hydrogens (tertiary/aromatic N) is 2. The van der Waals surface area contributed by atoms with Crippen molar-refractivity contribution in [3.05, 3.63) is 83.0 Å². The van der Waals surface area contributed by atoms with Gasteiger partial charge in [0.15, 0.2) is 0 Å². The summed E-state index contributed by atoms with van der Waals surface area (Å²) in [7, 11) is 0. The Morgan fingerprint density at radius 2 is 1.62 bits per heavy atom. The number of rotatable bonds is 8. The molecule has 0 atom stereocenters. The summed E-state index contributed by atoms with van der Waals surface area (Å²) in [6.45, 7) is 5.71. The predicted octanol–water partition coefficient (Wildman–Crippen LogP) is 4.75. The van der Waals surface area contributed by atoms with Gasteiger partial charge in [-0.2, -0.15) is 4.98 Å². The summed E-state index contributed by atoms with van der Waals surface area (Å²) in [5.41, 5.74) is 4.83. The molecule has 4 nitrogen and oxygen atoms in total. The maximum atomic E-state index is 4.58. The van der Waals surface area contributed by atoms with Crippen LogP contribution in [0.4, 0.5) is 11.8 Å². The minimum absolute atomic E-state index is 0.685. The van der Waals surface area contributed by atoms with Gasteiger partial charge in [-0.1, -0.05) is 60.2 Å². The summed E-state index contributed by atoms with van der Waals surface area (Å²) in [6.07, 6.45) is 2.10. The third-order valence-corrected chi connectivity index (χ3v) is 4.18. The van der Waals surface area contributed by atoms with Gasteiger partial charge in [0.2, 0.25) is 5.95 Å². The lowest BCUT2D eigenvalue weighted by atomic mass is 10.1. The fourth-order valence-electron chi connectivity index (χ4n) is 2.89. The van der Waals surface area contributed by atoms with Crippen molar-refractivity contribution in [2.24, 2.45) is 0 Å². The molecule has 0 amide bonds. The van der Waals surface area contributed by atoms with Crippen molar-refractivity contribution < 1.29 is 0 Å². The Bertz CT molecular complexity index is 831. The minimum atomic E-state index is 0.685. The highest BCUT2D eigenvalue weighted by atomic mass is 15.1. The number of hydrogen-bond acceptors (Lipinski definition) is 4. The number of hydrogen-bond donors (Lipinski definition) is 2. The molecule has 1 heterocycles. The van der Waals surface area contributed by atoms with Crippen LogP contribution >= 0.6 is 0 Å². The Balaban J connectivity index is 1.52. The largest absolute Gasteiger partial charge is 0.366 e. The average Bonchev–Trinajstić information content (AvgIpc) is 2.64. The van der Waals surface area contributed by atoms with Gasteiger partial charge < -0.3 is 10.6 Å². The number of aromatic nitrogens is 2.